The van der Waals surface area contributed by atoms with Gasteiger partial charge in [-0.1, -0.05) is 47.1 Å². The molecule has 1 saturated carbocycles. The molecular formula is C26H35Cl2PTi-2. The normalized spacial score (nSPS) is 16.7. The molecule has 2 aromatic rings. The molecule has 0 heterocycles. The third-order valence-corrected chi connectivity index (χ3v) is 8.44. The fourth-order valence-electron chi connectivity index (χ4n) is 4.05. The van der Waals surface area contributed by atoms with E-state index in [4.69, 9.17) is 18.6 Å². The van der Waals surface area contributed by atoms with Gasteiger partial charge in [-0.3, -0.25) is 0 Å². The first kappa shape index (κ1) is 26.2. The Labute approximate surface area is 202 Å². The molecule has 0 bridgehead atoms. The van der Waals surface area contributed by atoms with Crippen LogP contribution < -0.4 is 5.30 Å². The van der Waals surface area contributed by atoms with Crippen molar-refractivity contribution in [3.05, 3.63) is 66.6 Å². The average Bonchev–Trinajstić information content (AvgIpc) is 3.41. The van der Waals surface area contributed by atoms with Crippen molar-refractivity contribution in [2.45, 2.75) is 58.8 Å². The second kappa shape index (κ2) is 15.7. The van der Waals surface area contributed by atoms with Crippen LogP contribution in [0.3, 0.4) is 0 Å². The van der Waals surface area contributed by atoms with E-state index in [1.165, 1.54) is 68.0 Å². The quantitative estimate of drug-likeness (QED) is 0.203. The van der Waals surface area contributed by atoms with E-state index in [-0.39, 0.29) is 7.92 Å². The molecule has 4 rings (SSSR count). The summed E-state index contributed by atoms with van der Waals surface area (Å²) in [6.07, 6.45) is 21.3. The Morgan fingerprint density at radius 2 is 1.80 bits per heavy atom. The van der Waals surface area contributed by atoms with Gasteiger partial charge in [0.15, 0.2) is 0 Å². The van der Waals surface area contributed by atoms with Crippen LogP contribution in [-0.4, -0.2) is 12.3 Å². The van der Waals surface area contributed by atoms with Crippen LogP contribution in [0.2, 0.25) is 0 Å². The molecule has 2 aromatic carbocycles. The first-order valence-corrected chi connectivity index (χ1v) is 17.3. The molecule has 2 aliphatic carbocycles. The van der Waals surface area contributed by atoms with Gasteiger partial charge >= 0.3 is 35.6 Å². The van der Waals surface area contributed by atoms with Gasteiger partial charge in [0, 0.05) is 0 Å². The summed E-state index contributed by atoms with van der Waals surface area (Å²) in [6.45, 7) is 4.60. The number of rotatable bonds is 7. The number of unbranched alkanes of at least 4 members (excludes halogenated alkanes) is 2. The van der Waals surface area contributed by atoms with Gasteiger partial charge in [-0.25, -0.2) is 18.1 Å². The van der Waals surface area contributed by atoms with Gasteiger partial charge in [-0.05, 0) is 37.5 Å². The Morgan fingerprint density at radius 1 is 1.10 bits per heavy atom. The molecule has 164 valence electrons. The zero-order valence-electron chi connectivity index (χ0n) is 18.4. The Balaban J connectivity index is 0.000000220. The minimum absolute atomic E-state index is 0.0856. The van der Waals surface area contributed by atoms with Crippen molar-refractivity contribution in [3.8, 4) is 0 Å². The van der Waals surface area contributed by atoms with Crippen molar-refractivity contribution in [2.75, 3.05) is 12.3 Å². The van der Waals surface area contributed by atoms with Gasteiger partial charge in [0.05, 0.1) is 0 Å². The molecule has 0 saturated heterocycles. The second-order valence-corrected chi connectivity index (χ2v) is 13.0. The van der Waals surface area contributed by atoms with Gasteiger partial charge in [0.25, 0.3) is 0 Å². The maximum absolute atomic E-state index is 4.89. The molecule has 0 radical (unpaired) electrons. The van der Waals surface area contributed by atoms with Gasteiger partial charge in [0.2, 0.25) is 0 Å². The van der Waals surface area contributed by atoms with Crippen LogP contribution in [0.1, 0.15) is 58.8 Å². The molecule has 0 aliphatic heterocycles. The molecule has 2 aliphatic rings. The molecule has 1 atom stereocenters. The number of hydrogen-bond acceptors (Lipinski definition) is 0. The number of allylic oxidation sites excluding steroid dienone is 4. The summed E-state index contributed by atoms with van der Waals surface area (Å²) in [7, 11) is 9.86. The van der Waals surface area contributed by atoms with Crippen molar-refractivity contribution >= 4 is 42.6 Å². The molecule has 0 spiro atoms. The Hall–Kier alpha value is -0.0957. The molecule has 4 heteroatoms. The molecule has 0 aromatic heterocycles. The van der Waals surface area contributed by atoms with Gasteiger partial charge in [-0.15, -0.1) is 58.9 Å². The number of benzene rings is 1. The molecule has 1 unspecified atom stereocenters. The zero-order chi connectivity index (χ0) is 21.6. The van der Waals surface area contributed by atoms with Crippen LogP contribution >= 0.6 is 26.5 Å². The minimum atomic E-state index is -0.556. The van der Waals surface area contributed by atoms with Crippen LogP contribution in [-0.2, 0) is 17.0 Å². The van der Waals surface area contributed by atoms with Gasteiger partial charge in [0.1, 0.15) is 0 Å². The fraction of sp³-hybridized carbons (Fsp3) is 0.462. The number of fused-ring (bicyclic) bond motifs is 2. The number of halogens is 2. The van der Waals surface area contributed by atoms with Gasteiger partial charge in [-0.2, -0.15) is 6.07 Å². The van der Waals surface area contributed by atoms with E-state index >= 15 is 0 Å². The maximum atomic E-state index is 4.89. The summed E-state index contributed by atoms with van der Waals surface area (Å²) >= 11 is -0.556. The van der Waals surface area contributed by atoms with E-state index in [0.29, 0.717) is 0 Å². The van der Waals surface area contributed by atoms with E-state index in [1.54, 1.807) is 10.9 Å². The van der Waals surface area contributed by atoms with Crippen molar-refractivity contribution in [3.63, 3.8) is 0 Å². The summed E-state index contributed by atoms with van der Waals surface area (Å²) in [5, 5.41) is 4.48. The van der Waals surface area contributed by atoms with Crippen LogP contribution in [0.25, 0.3) is 10.8 Å². The second-order valence-electron chi connectivity index (χ2n) is 7.92. The first-order valence-electron chi connectivity index (χ1n) is 11.3. The summed E-state index contributed by atoms with van der Waals surface area (Å²) in [5.41, 5.74) is 1.58. The monoisotopic (exact) mass is 496 g/mol. The standard InChI is InChI=1S/C17H24P.C9H11.2ClH.Ti/c1-3-5-11-18(12-6-4-2)17-13-15-9-7-8-10-16(15)14-17;1-2-5-9-7-3-6-8(9)4-1;;;/h7-10,13-14H,3-6,11-12H2,1-2H3;1-2,4,6,9H,3,5,7H2;2*1H;/q2*-1;;;+2/p-2. The van der Waals surface area contributed by atoms with E-state index in [0.717, 1.165) is 5.92 Å². The summed E-state index contributed by atoms with van der Waals surface area (Å²) in [6, 6.07) is 13.6. The third kappa shape index (κ3) is 8.80. The van der Waals surface area contributed by atoms with Crippen molar-refractivity contribution in [1.82, 2.24) is 0 Å². The number of hydrogen-bond donors (Lipinski definition) is 0. The van der Waals surface area contributed by atoms with Crippen LogP contribution in [0.4, 0.5) is 0 Å². The predicted octanol–water partition coefficient (Wildman–Crippen LogP) is 9.13. The van der Waals surface area contributed by atoms with Gasteiger partial charge < -0.3 is 0 Å². The predicted molar refractivity (Wildman–Crippen MR) is 136 cm³/mol. The molecule has 0 N–H and O–H groups in total. The molecule has 0 amide bonds. The van der Waals surface area contributed by atoms with E-state index in [9.17, 15) is 0 Å². The molecule has 30 heavy (non-hydrogen) atoms. The van der Waals surface area contributed by atoms with E-state index in [2.05, 4.69) is 74.9 Å². The Morgan fingerprint density at radius 3 is 2.43 bits per heavy atom. The Kier molecular flexibility index (Phi) is 13.7. The van der Waals surface area contributed by atoms with Crippen LogP contribution in [0, 0.1) is 12.3 Å². The van der Waals surface area contributed by atoms with Crippen molar-refractivity contribution < 1.29 is 17.0 Å². The SMILES string of the molecule is C1=CCC2CC[CH-]C2=C1.CCCCP(CCCC)c1cc2ccccc2[cH-]1.[Cl][Ti][Cl]. The van der Waals surface area contributed by atoms with E-state index in [1.807, 2.05) is 0 Å². The topological polar surface area (TPSA) is 0 Å². The van der Waals surface area contributed by atoms with Crippen molar-refractivity contribution in [1.29, 1.82) is 0 Å². The summed E-state index contributed by atoms with van der Waals surface area (Å²) < 4.78 is 0. The molecule has 0 nitrogen and oxygen atoms in total. The van der Waals surface area contributed by atoms with Crippen molar-refractivity contribution in [2.24, 2.45) is 5.92 Å². The third-order valence-electron chi connectivity index (χ3n) is 5.74. The first-order chi connectivity index (χ1) is 14.7. The summed E-state index contributed by atoms with van der Waals surface area (Å²) in [4.78, 5) is 0. The molecular weight excluding hydrogens is 462 g/mol. The molecule has 1 fully saturated rings. The average molecular weight is 497 g/mol. The zero-order valence-corrected chi connectivity index (χ0v) is 22.4. The van der Waals surface area contributed by atoms with Crippen LogP contribution in [0.5, 0.6) is 0 Å². The van der Waals surface area contributed by atoms with Crippen LogP contribution in [0.15, 0.2) is 60.2 Å². The summed E-state index contributed by atoms with van der Waals surface area (Å²) in [5.74, 6) is 0.884. The van der Waals surface area contributed by atoms with E-state index < -0.39 is 17.0 Å². The Bertz CT molecular complexity index is 739. The fourth-order valence-corrected chi connectivity index (χ4v) is 6.83.